The molecule has 0 saturated heterocycles. The van der Waals surface area contributed by atoms with E-state index in [1.54, 1.807) is 30.1 Å². The van der Waals surface area contributed by atoms with E-state index in [1.165, 1.54) is 19.3 Å². The molecule has 2 N–H and O–H groups in total. The fourth-order valence-corrected chi connectivity index (χ4v) is 4.47. The Kier molecular flexibility index (Phi) is 7.16. The zero-order chi connectivity index (χ0) is 24.1. The number of amides is 2. The molecule has 1 aliphatic heterocycles. The summed E-state index contributed by atoms with van der Waals surface area (Å²) in [6.45, 7) is 2.83. The molecule has 34 heavy (non-hydrogen) atoms. The summed E-state index contributed by atoms with van der Waals surface area (Å²) in [7, 11) is 1.77. The minimum Gasteiger partial charge on any atom is -0.478 e. The molecule has 1 heterocycles. The average molecular weight is 458 g/mol. The lowest BCUT2D eigenvalue weighted by Crippen LogP contribution is -2.41. The number of nitrogens with zero attached hydrogens (tertiary/aromatic N) is 2. The van der Waals surface area contributed by atoms with Gasteiger partial charge in [-0.1, -0.05) is 81.1 Å². The maximum atomic E-state index is 13.0. The van der Waals surface area contributed by atoms with Crippen molar-refractivity contribution in [3.8, 4) is 11.1 Å². The van der Waals surface area contributed by atoms with Crippen LogP contribution in [-0.4, -0.2) is 30.7 Å². The molecule has 4 rings (SSSR count). The van der Waals surface area contributed by atoms with E-state index in [1.807, 2.05) is 53.4 Å². The number of carboxylic acids is 1. The van der Waals surface area contributed by atoms with Crippen molar-refractivity contribution in [3.63, 3.8) is 0 Å². The van der Waals surface area contributed by atoms with Crippen molar-refractivity contribution in [2.75, 3.05) is 23.4 Å². The Morgan fingerprint density at radius 2 is 1.59 bits per heavy atom. The van der Waals surface area contributed by atoms with Gasteiger partial charge in [-0.3, -0.25) is 4.90 Å². The van der Waals surface area contributed by atoms with Gasteiger partial charge in [-0.05, 0) is 30.2 Å². The number of carbonyl (C=O) groups excluding carboxylic acids is 1. The lowest BCUT2D eigenvalue weighted by molar-refractivity contribution is 0.0697. The van der Waals surface area contributed by atoms with E-state index in [0.29, 0.717) is 12.2 Å². The van der Waals surface area contributed by atoms with Gasteiger partial charge in [-0.15, -0.1) is 0 Å². The summed E-state index contributed by atoms with van der Waals surface area (Å²) in [6, 6.07) is 20.7. The molecule has 0 aliphatic carbocycles. The predicted octanol–water partition coefficient (Wildman–Crippen LogP) is 6.95. The van der Waals surface area contributed by atoms with Crippen LogP contribution in [0.25, 0.3) is 11.1 Å². The Balaban J connectivity index is 1.65. The lowest BCUT2D eigenvalue weighted by atomic mass is 9.92. The number of hydrogen-bond donors (Lipinski definition) is 2. The standard InChI is InChI=1S/C28H31N3O3/c1-3-4-5-6-12-19-29-28(34)30(2)26-24-18-17-21(20-13-8-7-9-14-20)25(26)31(24)23-16-11-10-15-22(23)27(32)33/h7-11,13-18H,3-6,12,19H2,1-2H3,(H,29,34)(H,32,33). The van der Waals surface area contributed by atoms with E-state index in [0.717, 1.165) is 41.0 Å². The summed E-state index contributed by atoms with van der Waals surface area (Å²) in [5.74, 6) is -0.984. The number of nitrogens with one attached hydrogen (secondary N) is 1. The minimum atomic E-state index is -0.984. The van der Waals surface area contributed by atoms with Crippen LogP contribution in [-0.2, 0) is 0 Å². The van der Waals surface area contributed by atoms with Crippen LogP contribution >= 0.6 is 0 Å². The zero-order valence-electron chi connectivity index (χ0n) is 19.8. The smallest absolute Gasteiger partial charge is 0.337 e. The molecule has 0 spiro atoms. The summed E-state index contributed by atoms with van der Waals surface area (Å²) < 4.78 is 0. The van der Waals surface area contributed by atoms with Crippen molar-refractivity contribution < 1.29 is 14.7 Å². The molecule has 0 atom stereocenters. The van der Waals surface area contributed by atoms with Gasteiger partial charge in [0.25, 0.3) is 0 Å². The molecule has 3 aromatic rings. The molecule has 0 radical (unpaired) electrons. The molecule has 2 bridgehead atoms. The average Bonchev–Trinajstić information content (AvgIpc) is 2.86. The predicted molar refractivity (Wildman–Crippen MR) is 138 cm³/mol. The molecule has 0 aromatic heterocycles. The summed E-state index contributed by atoms with van der Waals surface area (Å²) in [4.78, 5) is 28.5. The molecule has 6 nitrogen and oxygen atoms in total. The Morgan fingerprint density at radius 1 is 0.882 bits per heavy atom. The Hall–Kier alpha value is -3.80. The molecule has 0 fully saturated rings. The van der Waals surface area contributed by atoms with Crippen molar-refractivity contribution in [3.05, 3.63) is 72.3 Å². The number of hydrogen-bond acceptors (Lipinski definition) is 3. The van der Waals surface area contributed by atoms with Crippen LogP contribution in [0, 0.1) is 0 Å². The molecule has 0 unspecified atom stereocenters. The van der Waals surface area contributed by atoms with Gasteiger partial charge in [0, 0.05) is 19.2 Å². The lowest BCUT2D eigenvalue weighted by Gasteiger charge is -2.43. The van der Waals surface area contributed by atoms with Crippen LogP contribution in [0.3, 0.4) is 0 Å². The molecule has 1 aliphatic rings. The van der Waals surface area contributed by atoms with Gasteiger partial charge in [-0.25, -0.2) is 9.59 Å². The third kappa shape index (κ3) is 4.49. The summed E-state index contributed by atoms with van der Waals surface area (Å²) >= 11 is 0. The number of carboxylic acid groups (broad SMARTS) is 1. The second kappa shape index (κ2) is 10.4. The Labute approximate surface area is 200 Å². The second-order valence-corrected chi connectivity index (χ2v) is 8.56. The van der Waals surface area contributed by atoms with Gasteiger partial charge < -0.3 is 15.3 Å². The van der Waals surface area contributed by atoms with E-state index >= 15 is 0 Å². The van der Waals surface area contributed by atoms with Gasteiger partial charge in [0.15, 0.2) is 0 Å². The van der Waals surface area contributed by atoms with Crippen LogP contribution in [0.15, 0.2) is 66.7 Å². The summed E-state index contributed by atoms with van der Waals surface area (Å²) in [5, 5.41) is 12.8. The van der Waals surface area contributed by atoms with Crippen LogP contribution in [0.1, 0.15) is 49.4 Å². The molecule has 0 saturated carbocycles. The number of para-hydroxylation sites is 1. The van der Waals surface area contributed by atoms with Crippen LogP contribution in [0.5, 0.6) is 0 Å². The maximum absolute atomic E-state index is 13.0. The van der Waals surface area contributed by atoms with Crippen LogP contribution in [0.4, 0.5) is 27.5 Å². The van der Waals surface area contributed by atoms with Gasteiger partial charge in [0.05, 0.1) is 28.3 Å². The first-order chi connectivity index (χ1) is 16.5. The van der Waals surface area contributed by atoms with Gasteiger partial charge >= 0.3 is 12.0 Å². The zero-order valence-corrected chi connectivity index (χ0v) is 19.8. The third-order valence-electron chi connectivity index (χ3n) is 6.25. The first kappa shape index (κ1) is 23.4. The first-order valence-electron chi connectivity index (χ1n) is 11.9. The summed E-state index contributed by atoms with van der Waals surface area (Å²) in [6.07, 6.45) is 5.67. The molecular formula is C28H31N3O3. The minimum absolute atomic E-state index is 0.158. The van der Waals surface area contributed by atoms with Crippen molar-refractivity contribution in [1.82, 2.24) is 5.32 Å². The monoisotopic (exact) mass is 457 g/mol. The topological polar surface area (TPSA) is 72.9 Å². The number of fused-ring (bicyclic) bond motifs is 2. The van der Waals surface area contributed by atoms with E-state index in [9.17, 15) is 14.7 Å². The maximum Gasteiger partial charge on any atom is 0.337 e. The fraction of sp³-hybridized carbons (Fsp3) is 0.286. The Morgan fingerprint density at radius 3 is 2.32 bits per heavy atom. The largest absolute Gasteiger partial charge is 0.478 e. The van der Waals surface area contributed by atoms with E-state index < -0.39 is 5.97 Å². The highest BCUT2D eigenvalue weighted by Gasteiger charge is 2.38. The van der Waals surface area contributed by atoms with Crippen molar-refractivity contribution >= 4 is 34.7 Å². The SMILES string of the molecule is CCCCCCCNC(=O)N(C)c1c2ccc(-c3ccccc3)c1N2c1ccccc1C(=O)O. The fourth-order valence-electron chi connectivity index (χ4n) is 4.47. The highest BCUT2D eigenvalue weighted by atomic mass is 16.4. The van der Waals surface area contributed by atoms with E-state index in [-0.39, 0.29) is 11.6 Å². The quantitative estimate of drug-likeness (QED) is 0.253. The van der Waals surface area contributed by atoms with Gasteiger partial charge in [-0.2, -0.15) is 0 Å². The van der Waals surface area contributed by atoms with E-state index in [2.05, 4.69) is 12.2 Å². The normalized spacial score (nSPS) is 11.6. The number of rotatable bonds is 10. The highest BCUT2D eigenvalue weighted by molar-refractivity contribution is 6.16. The number of unbranched alkanes of at least 4 members (excludes halogenated alkanes) is 4. The molecule has 176 valence electrons. The molecule has 2 amide bonds. The second-order valence-electron chi connectivity index (χ2n) is 8.56. The summed E-state index contributed by atoms with van der Waals surface area (Å²) in [5.41, 5.74) is 5.20. The molecule has 6 heteroatoms. The van der Waals surface area contributed by atoms with Gasteiger partial charge in [0.2, 0.25) is 0 Å². The van der Waals surface area contributed by atoms with Crippen molar-refractivity contribution in [1.29, 1.82) is 0 Å². The van der Waals surface area contributed by atoms with Crippen molar-refractivity contribution in [2.24, 2.45) is 0 Å². The van der Waals surface area contributed by atoms with Crippen molar-refractivity contribution in [2.45, 2.75) is 39.0 Å². The number of carbonyl (C=O) groups is 2. The number of benzene rings is 3. The van der Waals surface area contributed by atoms with Crippen LogP contribution in [0.2, 0.25) is 0 Å². The van der Waals surface area contributed by atoms with E-state index in [4.69, 9.17) is 0 Å². The Bertz CT molecular complexity index is 1180. The molecular weight excluding hydrogens is 426 g/mol. The highest BCUT2D eigenvalue weighted by Crippen LogP contribution is 2.59. The third-order valence-corrected chi connectivity index (χ3v) is 6.25. The number of anilines is 4. The van der Waals surface area contributed by atoms with Crippen LogP contribution < -0.4 is 15.1 Å². The van der Waals surface area contributed by atoms with Gasteiger partial charge in [0.1, 0.15) is 0 Å². The number of aromatic carboxylic acids is 1. The molecule has 3 aromatic carbocycles. The first-order valence-corrected chi connectivity index (χ1v) is 11.9. The number of urea groups is 1.